The summed E-state index contributed by atoms with van der Waals surface area (Å²) in [5, 5.41) is 3.48. The standard InChI is InChI=1S/C13H17N/c1-2-4-8-12-9-5-6-10-13(12)14-11-7-3-1/h4-6,8-10,14H,1-3,7,11H2/b8-4-. The molecule has 1 aliphatic rings. The van der Waals surface area contributed by atoms with Crippen molar-refractivity contribution in [1.29, 1.82) is 0 Å². The summed E-state index contributed by atoms with van der Waals surface area (Å²) < 4.78 is 0. The zero-order chi connectivity index (χ0) is 9.64. The minimum atomic E-state index is 1.10. The summed E-state index contributed by atoms with van der Waals surface area (Å²) >= 11 is 0. The third-order valence-electron chi connectivity index (χ3n) is 2.62. The largest absolute Gasteiger partial charge is 0.385 e. The van der Waals surface area contributed by atoms with Crippen LogP contribution in [0.2, 0.25) is 0 Å². The summed E-state index contributed by atoms with van der Waals surface area (Å²) in [6.07, 6.45) is 9.66. The fraction of sp³-hybridized carbons (Fsp3) is 0.385. The van der Waals surface area contributed by atoms with Crippen molar-refractivity contribution >= 4 is 11.8 Å². The molecule has 1 aliphatic heterocycles. The maximum atomic E-state index is 3.48. The molecule has 0 saturated carbocycles. The summed E-state index contributed by atoms with van der Waals surface area (Å²) in [5.41, 5.74) is 2.58. The van der Waals surface area contributed by atoms with E-state index < -0.39 is 0 Å². The van der Waals surface area contributed by atoms with Crippen LogP contribution in [-0.2, 0) is 0 Å². The van der Waals surface area contributed by atoms with Gasteiger partial charge in [-0.25, -0.2) is 0 Å². The molecular formula is C13H17N. The van der Waals surface area contributed by atoms with Crippen LogP contribution >= 0.6 is 0 Å². The Morgan fingerprint density at radius 1 is 1.00 bits per heavy atom. The Bertz CT molecular complexity index is 315. The van der Waals surface area contributed by atoms with E-state index in [1.807, 2.05) is 0 Å². The summed E-state index contributed by atoms with van der Waals surface area (Å²) in [5.74, 6) is 0. The Labute approximate surface area is 85.8 Å². The van der Waals surface area contributed by atoms with Crippen molar-refractivity contribution < 1.29 is 0 Å². The molecule has 1 aromatic carbocycles. The number of nitrogens with one attached hydrogen (secondary N) is 1. The van der Waals surface area contributed by atoms with Gasteiger partial charge in [-0.2, -0.15) is 0 Å². The number of para-hydroxylation sites is 1. The van der Waals surface area contributed by atoms with Crippen LogP contribution in [0.5, 0.6) is 0 Å². The Balaban J connectivity index is 2.21. The predicted molar refractivity (Wildman–Crippen MR) is 62.4 cm³/mol. The summed E-state index contributed by atoms with van der Waals surface area (Å²) in [6.45, 7) is 1.10. The van der Waals surface area contributed by atoms with E-state index in [0.717, 1.165) is 6.54 Å². The van der Waals surface area contributed by atoms with Gasteiger partial charge in [-0.15, -0.1) is 0 Å². The third-order valence-corrected chi connectivity index (χ3v) is 2.62. The zero-order valence-electron chi connectivity index (χ0n) is 8.50. The van der Waals surface area contributed by atoms with Crippen molar-refractivity contribution in [2.75, 3.05) is 11.9 Å². The molecule has 0 radical (unpaired) electrons. The summed E-state index contributed by atoms with van der Waals surface area (Å²) in [6, 6.07) is 8.50. The zero-order valence-corrected chi connectivity index (χ0v) is 8.50. The van der Waals surface area contributed by atoms with Gasteiger partial charge in [0.1, 0.15) is 0 Å². The molecule has 74 valence electrons. The highest BCUT2D eigenvalue weighted by molar-refractivity contribution is 5.66. The van der Waals surface area contributed by atoms with E-state index in [2.05, 4.69) is 41.7 Å². The maximum Gasteiger partial charge on any atom is 0.0413 e. The van der Waals surface area contributed by atoms with E-state index in [0.29, 0.717) is 0 Å². The molecule has 0 saturated heterocycles. The van der Waals surface area contributed by atoms with Crippen LogP contribution < -0.4 is 5.32 Å². The lowest BCUT2D eigenvalue weighted by Crippen LogP contribution is -2.03. The molecule has 0 fully saturated rings. The van der Waals surface area contributed by atoms with Crippen molar-refractivity contribution in [1.82, 2.24) is 0 Å². The molecule has 2 rings (SSSR count). The minimum Gasteiger partial charge on any atom is -0.385 e. The molecule has 0 unspecified atom stereocenters. The van der Waals surface area contributed by atoms with Crippen molar-refractivity contribution in [2.45, 2.75) is 25.7 Å². The molecule has 0 bridgehead atoms. The lowest BCUT2D eigenvalue weighted by Gasteiger charge is -2.10. The van der Waals surface area contributed by atoms with Crippen molar-refractivity contribution in [2.24, 2.45) is 0 Å². The predicted octanol–water partition coefficient (Wildman–Crippen LogP) is 3.69. The third kappa shape index (κ3) is 2.38. The number of anilines is 1. The number of benzene rings is 1. The van der Waals surface area contributed by atoms with Crippen molar-refractivity contribution in [3.63, 3.8) is 0 Å². The second-order valence-electron chi connectivity index (χ2n) is 3.77. The van der Waals surface area contributed by atoms with E-state index in [1.165, 1.54) is 36.9 Å². The van der Waals surface area contributed by atoms with Gasteiger partial charge in [-0.05, 0) is 30.9 Å². The van der Waals surface area contributed by atoms with E-state index in [4.69, 9.17) is 0 Å². The van der Waals surface area contributed by atoms with Crippen LogP contribution in [0.4, 0.5) is 5.69 Å². The van der Waals surface area contributed by atoms with Gasteiger partial charge < -0.3 is 5.32 Å². The average molecular weight is 187 g/mol. The van der Waals surface area contributed by atoms with Gasteiger partial charge in [0, 0.05) is 12.2 Å². The van der Waals surface area contributed by atoms with Gasteiger partial charge >= 0.3 is 0 Å². The monoisotopic (exact) mass is 187 g/mol. The first kappa shape index (κ1) is 9.32. The number of rotatable bonds is 0. The van der Waals surface area contributed by atoms with Crippen LogP contribution in [0, 0.1) is 0 Å². The molecule has 1 heteroatoms. The van der Waals surface area contributed by atoms with E-state index in [-0.39, 0.29) is 0 Å². The van der Waals surface area contributed by atoms with Crippen LogP contribution in [0.3, 0.4) is 0 Å². The molecule has 1 aromatic rings. The Kier molecular flexibility index (Phi) is 3.23. The van der Waals surface area contributed by atoms with Crippen LogP contribution in [0.15, 0.2) is 30.3 Å². The number of fused-ring (bicyclic) bond motifs is 1. The molecule has 0 aliphatic carbocycles. The van der Waals surface area contributed by atoms with Gasteiger partial charge in [0.15, 0.2) is 0 Å². The van der Waals surface area contributed by atoms with E-state index >= 15 is 0 Å². The normalized spacial score (nSPS) is 19.1. The Hall–Kier alpha value is -1.24. The lowest BCUT2D eigenvalue weighted by molar-refractivity contribution is 0.708. The topological polar surface area (TPSA) is 12.0 Å². The number of hydrogen-bond acceptors (Lipinski definition) is 1. The van der Waals surface area contributed by atoms with Gasteiger partial charge in [0.05, 0.1) is 0 Å². The molecule has 0 aromatic heterocycles. The average Bonchev–Trinajstić information content (AvgIpc) is 2.25. The fourth-order valence-electron chi connectivity index (χ4n) is 1.80. The highest BCUT2D eigenvalue weighted by atomic mass is 14.9. The number of hydrogen-bond donors (Lipinski definition) is 1. The second-order valence-corrected chi connectivity index (χ2v) is 3.77. The van der Waals surface area contributed by atoms with Crippen LogP contribution in [0.1, 0.15) is 31.2 Å². The highest BCUT2D eigenvalue weighted by Gasteiger charge is 1.98. The first-order valence-corrected chi connectivity index (χ1v) is 5.46. The molecule has 1 N–H and O–H groups in total. The second kappa shape index (κ2) is 4.85. The van der Waals surface area contributed by atoms with Crippen molar-refractivity contribution in [3.05, 3.63) is 35.9 Å². The quantitative estimate of drug-likeness (QED) is 0.653. The molecule has 0 spiro atoms. The van der Waals surface area contributed by atoms with Gasteiger partial charge in [0.2, 0.25) is 0 Å². The van der Waals surface area contributed by atoms with Crippen molar-refractivity contribution in [3.8, 4) is 0 Å². The van der Waals surface area contributed by atoms with Gasteiger partial charge in [0.25, 0.3) is 0 Å². The minimum absolute atomic E-state index is 1.10. The molecule has 1 heterocycles. The van der Waals surface area contributed by atoms with Gasteiger partial charge in [-0.1, -0.05) is 36.8 Å². The van der Waals surface area contributed by atoms with Gasteiger partial charge in [-0.3, -0.25) is 0 Å². The van der Waals surface area contributed by atoms with Crippen LogP contribution in [0.25, 0.3) is 6.08 Å². The molecule has 14 heavy (non-hydrogen) atoms. The first-order valence-electron chi connectivity index (χ1n) is 5.46. The molecule has 1 nitrogen and oxygen atoms in total. The summed E-state index contributed by atoms with van der Waals surface area (Å²) in [4.78, 5) is 0. The molecule has 0 amide bonds. The van der Waals surface area contributed by atoms with E-state index in [9.17, 15) is 0 Å². The summed E-state index contributed by atoms with van der Waals surface area (Å²) in [7, 11) is 0. The lowest BCUT2D eigenvalue weighted by atomic mass is 10.1. The first-order chi connectivity index (χ1) is 6.97. The number of allylic oxidation sites excluding steroid dienone is 1. The maximum absolute atomic E-state index is 3.48. The highest BCUT2D eigenvalue weighted by Crippen LogP contribution is 2.18. The fourth-order valence-corrected chi connectivity index (χ4v) is 1.80. The Morgan fingerprint density at radius 2 is 1.93 bits per heavy atom. The van der Waals surface area contributed by atoms with Crippen LogP contribution in [-0.4, -0.2) is 6.54 Å². The van der Waals surface area contributed by atoms with E-state index in [1.54, 1.807) is 0 Å². The molecular weight excluding hydrogens is 170 g/mol. The smallest absolute Gasteiger partial charge is 0.0413 e. The Morgan fingerprint density at radius 3 is 2.93 bits per heavy atom. The SMILES string of the molecule is C1=C\c2ccccc2NCCCCC/1. The molecule has 0 atom stereocenters.